The first-order valence-corrected chi connectivity index (χ1v) is 3.64. The molecule has 0 aliphatic heterocycles. The van der Waals surface area contributed by atoms with Crippen molar-refractivity contribution < 1.29 is 0 Å². The zero-order chi connectivity index (χ0) is 8.27. The summed E-state index contributed by atoms with van der Waals surface area (Å²) in [6.45, 7) is 6.85. The fraction of sp³-hybridized carbons (Fsp3) is 0.143. The van der Waals surface area contributed by atoms with E-state index in [9.17, 15) is 0 Å². The smallest absolute Gasteiger partial charge is 0.242 e. The Morgan fingerprint density at radius 3 is 2.73 bits per heavy atom. The van der Waals surface area contributed by atoms with Gasteiger partial charge in [-0.05, 0) is 12.1 Å². The predicted octanol–water partition coefficient (Wildman–Crippen LogP) is 2.81. The summed E-state index contributed by atoms with van der Waals surface area (Å²) in [7, 11) is 0. The minimum atomic E-state index is 0.253. The van der Waals surface area contributed by atoms with Crippen LogP contribution in [0.4, 0.5) is 0 Å². The van der Waals surface area contributed by atoms with Crippen molar-refractivity contribution in [1.29, 1.82) is 0 Å². The van der Waals surface area contributed by atoms with Gasteiger partial charge in [0.25, 0.3) is 0 Å². The molecule has 2 nitrogen and oxygen atoms in total. The molecule has 0 N–H and O–H groups in total. The van der Waals surface area contributed by atoms with E-state index in [1.807, 2.05) is 0 Å². The molecule has 0 spiro atoms. The summed E-state index contributed by atoms with van der Waals surface area (Å²) in [5.41, 5.74) is 0.714. The second kappa shape index (κ2) is 3.56. The van der Waals surface area contributed by atoms with Gasteiger partial charge in [0.1, 0.15) is 10.3 Å². The number of nitrogens with zero attached hydrogens (tertiary/aromatic N) is 2. The lowest BCUT2D eigenvalue weighted by Crippen LogP contribution is -1.85. The van der Waals surface area contributed by atoms with Crippen molar-refractivity contribution in [2.24, 2.45) is 0 Å². The predicted molar refractivity (Wildman–Crippen MR) is 44.6 cm³/mol. The molecule has 4 heteroatoms. The van der Waals surface area contributed by atoms with Crippen molar-refractivity contribution >= 4 is 23.2 Å². The highest BCUT2D eigenvalue weighted by atomic mass is 35.5. The highest BCUT2D eigenvalue weighted by Crippen LogP contribution is 2.16. The summed E-state index contributed by atoms with van der Waals surface area (Å²) in [5.74, 6) is 0. The monoisotopic (exact) mass is 186 g/mol. The van der Waals surface area contributed by atoms with Crippen molar-refractivity contribution in [2.45, 2.75) is 6.54 Å². The molecule has 0 unspecified atom stereocenters. The van der Waals surface area contributed by atoms with E-state index in [1.54, 1.807) is 12.1 Å². The zero-order valence-electron chi connectivity index (χ0n) is 5.51. The van der Waals surface area contributed by atoms with Crippen LogP contribution in [0.5, 0.6) is 0 Å². The van der Waals surface area contributed by atoms with E-state index in [1.165, 1.54) is 0 Å². The molecular formula is C7H4Cl2N2. The lowest BCUT2D eigenvalue weighted by atomic mass is 10.3. The molecule has 0 saturated heterocycles. The SMILES string of the molecule is [C-]#[N+]Cc1ccc(Cl)nc1Cl. The van der Waals surface area contributed by atoms with Crippen LogP contribution >= 0.6 is 23.2 Å². The molecule has 0 radical (unpaired) electrons. The minimum absolute atomic E-state index is 0.253. The van der Waals surface area contributed by atoms with Gasteiger partial charge >= 0.3 is 0 Å². The van der Waals surface area contributed by atoms with Crippen LogP contribution in [-0.4, -0.2) is 4.98 Å². The lowest BCUT2D eigenvalue weighted by molar-refractivity contribution is 1.19. The molecule has 1 aromatic heterocycles. The third kappa shape index (κ3) is 2.07. The first-order valence-electron chi connectivity index (χ1n) is 2.88. The Balaban J connectivity index is 3.01. The van der Waals surface area contributed by atoms with E-state index < -0.39 is 0 Å². The topological polar surface area (TPSA) is 17.2 Å². The molecule has 0 saturated carbocycles. The maximum atomic E-state index is 6.60. The van der Waals surface area contributed by atoms with Gasteiger partial charge < -0.3 is 4.85 Å². The summed E-state index contributed by atoms with van der Waals surface area (Å²) in [4.78, 5) is 6.96. The Morgan fingerprint density at radius 1 is 1.45 bits per heavy atom. The second-order valence-corrected chi connectivity index (χ2v) is 2.65. The zero-order valence-corrected chi connectivity index (χ0v) is 7.02. The second-order valence-electron chi connectivity index (χ2n) is 1.90. The molecule has 0 fully saturated rings. The largest absolute Gasteiger partial charge is 0.312 e. The quantitative estimate of drug-likeness (QED) is 0.488. The number of hydrogen-bond donors (Lipinski definition) is 0. The Hall–Kier alpha value is -0.780. The van der Waals surface area contributed by atoms with Crippen LogP contribution in [0, 0.1) is 6.57 Å². The summed E-state index contributed by atoms with van der Waals surface area (Å²) in [6.07, 6.45) is 0. The normalized spacial score (nSPS) is 9.18. The third-order valence-corrected chi connectivity index (χ3v) is 1.68. The maximum Gasteiger partial charge on any atom is 0.242 e. The number of rotatable bonds is 1. The Kier molecular flexibility index (Phi) is 2.70. The highest BCUT2D eigenvalue weighted by Gasteiger charge is 2.03. The van der Waals surface area contributed by atoms with Crippen LogP contribution in [0.15, 0.2) is 12.1 Å². The van der Waals surface area contributed by atoms with E-state index in [4.69, 9.17) is 29.8 Å². The Morgan fingerprint density at radius 2 is 2.18 bits per heavy atom. The van der Waals surface area contributed by atoms with Crippen molar-refractivity contribution in [3.8, 4) is 0 Å². The van der Waals surface area contributed by atoms with E-state index in [2.05, 4.69) is 9.83 Å². The molecule has 0 aliphatic rings. The summed E-state index contributed by atoms with van der Waals surface area (Å²) < 4.78 is 0. The summed E-state index contributed by atoms with van der Waals surface area (Å²) in [5, 5.41) is 0.664. The minimum Gasteiger partial charge on any atom is -0.312 e. The van der Waals surface area contributed by atoms with Crippen LogP contribution < -0.4 is 0 Å². The van der Waals surface area contributed by atoms with Crippen LogP contribution in [0.25, 0.3) is 4.85 Å². The first-order chi connectivity index (χ1) is 5.24. The molecule has 11 heavy (non-hydrogen) atoms. The van der Waals surface area contributed by atoms with Gasteiger partial charge in [-0.2, -0.15) is 0 Å². The molecule has 0 aromatic carbocycles. The van der Waals surface area contributed by atoms with Crippen molar-refractivity contribution in [2.75, 3.05) is 0 Å². The van der Waals surface area contributed by atoms with Crippen molar-refractivity contribution in [3.05, 3.63) is 39.4 Å². The maximum absolute atomic E-state index is 6.60. The molecule has 0 atom stereocenters. The third-order valence-electron chi connectivity index (χ3n) is 1.14. The Bertz CT molecular complexity index is 304. The first kappa shape index (κ1) is 8.32. The van der Waals surface area contributed by atoms with Crippen LogP contribution in [-0.2, 0) is 6.54 Å². The average Bonchev–Trinajstić information content (AvgIpc) is 1.95. The molecule has 0 bridgehead atoms. The summed E-state index contributed by atoms with van der Waals surface area (Å²) >= 11 is 11.2. The van der Waals surface area contributed by atoms with Crippen LogP contribution in [0.2, 0.25) is 10.3 Å². The van der Waals surface area contributed by atoms with Gasteiger partial charge in [-0.15, -0.1) is 0 Å². The molecule has 1 rings (SSSR count). The van der Waals surface area contributed by atoms with Crippen molar-refractivity contribution in [3.63, 3.8) is 0 Å². The molecule has 1 aromatic rings. The van der Waals surface area contributed by atoms with Crippen LogP contribution in [0.3, 0.4) is 0 Å². The molecule has 56 valence electrons. The van der Waals surface area contributed by atoms with E-state index in [0.717, 1.165) is 0 Å². The van der Waals surface area contributed by atoms with Crippen molar-refractivity contribution in [1.82, 2.24) is 4.98 Å². The van der Waals surface area contributed by atoms with Gasteiger partial charge in [0.15, 0.2) is 0 Å². The average molecular weight is 187 g/mol. The lowest BCUT2D eigenvalue weighted by Gasteiger charge is -1.94. The van der Waals surface area contributed by atoms with Gasteiger partial charge in [-0.25, -0.2) is 11.6 Å². The van der Waals surface area contributed by atoms with Crippen LogP contribution in [0.1, 0.15) is 5.56 Å². The highest BCUT2D eigenvalue weighted by molar-refractivity contribution is 6.32. The van der Waals surface area contributed by atoms with Gasteiger partial charge in [0, 0.05) is 0 Å². The van der Waals surface area contributed by atoms with E-state index >= 15 is 0 Å². The van der Waals surface area contributed by atoms with E-state index in [-0.39, 0.29) is 6.54 Å². The number of aromatic nitrogens is 1. The van der Waals surface area contributed by atoms with E-state index in [0.29, 0.717) is 15.9 Å². The number of pyridine rings is 1. The number of halogens is 2. The number of hydrogen-bond acceptors (Lipinski definition) is 1. The Labute approximate surface area is 74.6 Å². The summed E-state index contributed by atoms with van der Waals surface area (Å²) in [6, 6.07) is 3.32. The van der Waals surface area contributed by atoms with Gasteiger partial charge in [0.2, 0.25) is 6.54 Å². The molecular weight excluding hydrogens is 183 g/mol. The standard InChI is InChI=1S/C7H4Cl2N2/c1-10-4-5-2-3-6(8)11-7(5)9/h2-3H,4H2. The molecule has 0 aliphatic carbocycles. The van der Waals surface area contributed by atoms with Gasteiger partial charge in [-0.3, -0.25) is 0 Å². The fourth-order valence-electron chi connectivity index (χ4n) is 0.644. The molecule has 0 amide bonds. The molecule has 1 heterocycles. The van der Waals surface area contributed by atoms with Gasteiger partial charge in [-0.1, -0.05) is 23.2 Å². The fourth-order valence-corrected chi connectivity index (χ4v) is 1.05. The van der Waals surface area contributed by atoms with Gasteiger partial charge in [0.05, 0.1) is 5.56 Å².